The first-order chi connectivity index (χ1) is 1.73. The van der Waals surface area contributed by atoms with E-state index in [9.17, 15) is 0 Å². The van der Waals surface area contributed by atoms with Crippen molar-refractivity contribution in [3.8, 4) is 0 Å². The molecule has 40 valence electrons. The summed E-state index contributed by atoms with van der Waals surface area (Å²) in [5, 5.41) is 25.2. The number of hydrogen-bond acceptors (Lipinski definition) is 4. The minimum Gasteiger partial charge on any atom is -0.907 e. The third-order valence-electron chi connectivity index (χ3n) is 0. The van der Waals surface area contributed by atoms with Crippen LogP contribution in [0.4, 0.5) is 0 Å². The maximum atomic E-state index is 8.42. The first kappa shape index (κ1) is 25.0. The summed E-state index contributed by atoms with van der Waals surface area (Å²) in [6, 6.07) is 0. The van der Waals surface area contributed by atoms with Gasteiger partial charge < -0.3 is 26.0 Å². The molecule has 0 radical (unpaired) electrons. The molecule has 0 heterocycles. The molecule has 0 atom stereocenters. The second-order valence-corrected chi connectivity index (χ2v) is 0.289. The Kier molecular flexibility index (Phi) is 56.6. The van der Waals surface area contributed by atoms with Gasteiger partial charge in [-0.3, -0.25) is 7.32 Å². The van der Waals surface area contributed by atoms with Gasteiger partial charge in [0.05, 0.1) is 0 Å². The van der Waals surface area contributed by atoms with Gasteiger partial charge in [-0.2, -0.15) is 0 Å². The van der Waals surface area contributed by atoms with E-state index in [-0.39, 0.29) is 38.3 Å². The molecule has 0 aromatic heterocycles. The molecule has 0 saturated carbocycles. The Morgan fingerprint density at radius 3 is 1.00 bits per heavy atom. The van der Waals surface area contributed by atoms with Gasteiger partial charge in [0.1, 0.15) is 0 Å². The quantitative estimate of drug-likeness (QED) is 0.413. The molecular formula is H3BO5Pb. The van der Waals surface area contributed by atoms with Gasteiger partial charge in [0, 0.05) is 0 Å². The van der Waals surface area contributed by atoms with Crippen molar-refractivity contribution in [2.45, 2.75) is 0 Å². The Bertz CT molecular complexity index is 12.8. The molecule has 0 amide bonds. The molecule has 0 bridgehead atoms. The fourth-order valence-corrected chi connectivity index (χ4v) is 0. The van der Waals surface area contributed by atoms with Crippen LogP contribution in [0.1, 0.15) is 0 Å². The van der Waals surface area contributed by atoms with E-state index in [1.807, 2.05) is 0 Å². The summed E-state index contributed by atoms with van der Waals surface area (Å²) in [7, 11) is -2.92. The van der Waals surface area contributed by atoms with Gasteiger partial charge in [0.2, 0.25) is 0 Å². The minimum atomic E-state index is -2.92. The molecule has 0 saturated heterocycles. The van der Waals surface area contributed by atoms with Gasteiger partial charge in [-0.1, -0.05) is 0 Å². The van der Waals surface area contributed by atoms with E-state index in [0.717, 1.165) is 0 Å². The van der Waals surface area contributed by atoms with Crippen LogP contribution >= 0.6 is 0 Å². The van der Waals surface area contributed by atoms with Crippen molar-refractivity contribution in [2.24, 2.45) is 0 Å². The molecular weight excluding hydrogens is 298 g/mol. The van der Waals surface area contributed by atoms with Crippen molar-refractivity contribution < 1.29 is 26.0 Å². The molecule has 0 aliphatic rings. The van der Waals surface area contributed by atoms with Crippen LogP contribution in [-0.2, 0) is 0 Å². The zero-order valence-corrected chi connectivity index (χ0v) is 7.14. The Morgan fingerprint density at radius 2 is 1.00 bits per heavy atom. The predicted octanol–water partition coefficient (Wildman–Crippen LogP) is -5.33. The van der Waals surface area contributed by atoms with Crippen molar-refractivity contribution in [1.82, 2.24) is 0 Å². The third kappa shape index (κ3) is 251. The standard InChI is InChI=1S/BO3.2H2O.Pb/c2-1(3)4;;;/h;2*1H2;/q-3;;;+4/p-1. The van der Waals surface area contributed by atoms with Gasteiger partial charge in [-0.15, -0.1) is 0 Å². The van der Waals surface area contributed by atoms with Gasteiger partial charge in [0.15, 0.2) is 0 Å². The number of hydrogen-bond donors (Lipinski definition) is 0. The molecule has 0 aromatic carbocycles. The Hall–Kier alpha value is 0.787. The summed E-state index contributed by atoms with van der Waals surface area (Å²) in [5.41, 5.74) is 0. The topological polar surface area (TPSA) is 131 Å². The van der Waals surface area contributed by atoms with E-state index in [1.54, 1.807) is 0 Å². The van der Waals surface area contributed by atoms with Crippen LogP contribution in [0.15, 0.2) is 0 Å². The predicted molar refractivity (Wildman–Crippen MR) is 17.1 cm³/mol. The largest absolute Gasteiger partial charge is 4.00 e. The Morgan fingerprint density at radius 1 is 1.00 bits per heavy atom. The third-order valence-corrected chi connectivity index (χ3v) is 0. The molecule has 5 nitrogen and oxygen atoms in total. The van der Waals surface area contributed by atoms with Crippen LogP contribution in [0.2, 0.25) is 0 Å². The van der Waals surface area contributed by atoms with Crippen molar-refractivity contribution >= 4 is 34.6 Å². The molecule has 0 spiro atoms. The van der Waals surface area contributed by atoms with E-state index in [0.29, 0.717) is 0 Å². The SMILES string of the molecule is O.[O-]B([O-])[O-].[OH-].[Pb+4]. The van der Waals surface area contributed by atoms with Crippen molar-refractivity contribution in [1.29, 1.82) is 0 Å². The summed E-state index contributed by atoms with van der Waals surface area (Å²) >= 11 is 0. The van der Waals surface area contributed by atoms with Crippen LogP contribution in [0.3, 0.4) is 0 Å². The summed E-state index contributed by atoms with van der Waals surface area (Å²) in [5.74, 6) is 0. The molecule has 0 fully saturated rings. The second kappa shape index (κ2) is 15.8. The smallest absolute Gasteiger partial charge is 0.907 e. The first-order valence-corrected chi connectivity index (χ1v) is 0.707. The number of rotatable bonds is 0. The normalized spacial score (nSPS) is 3.86. The van der Waals surface area contributed by atoms with Crippen molar-refractivity contribution in [3.63, 3.8) is 0 Å². The molecule has 3 N–H and O–H groups in total. The van der Waals surface area contributed by atoms with Gasteiger partial charge >= 0.3 is 27.3 Å². The van der Waals surface area contributed by atoms with Gasteiger partial charge in [-0.05, 0) is 0 Å². The van der Waals surface area contributed by atoms with Crippen LogP contribution in [-0.4, -0.2) is 45.6 Å². The van der Waals surface area contributed by atoms with Crippen molar-refractivity contribution in [2.75, 3.05) is 0 Å². The summed E-state index contributed by atoms with van der Waals surface area (Å²) in [4.78, 5) is 0. The molecule has 0 aromatic rings. The van der Waals surface area contributed by atoms with Crippen molar-refractivity contribution in [3.05, 3.63) is 0 Å². The molecule has 0 unspecified atom stereocenters. The Labute approximate surface area is 60.9 Å². The average Bonchev–Trinajstić information content (AvgIpc) is 0.811. The maximum absolute atomic E-state index is 8.42. The molecule has 7 heavy (non-hydrogen) atoms. The molecule has 0 rings (SSSR count). The van der Waals surface area contributed by atoms with Crippen LogP contribution in [0.5, 0.6) is 0 Å². The summed E-state index contributed by atoms with van der Waals surface area (Å²) in [6.45, 7) is 0. The van der Waals surface area contributed by atoms with E-state index in [1.165, 1.54) is 0 Å². The van der Waals surface area contributed by atoms with Gasteiger partial charge in [-0.25, -0.2) is 0 Å². The molecule has 0 aliphatic heterocycles. The van der Waals surface area contributed by atoms with E-state index < -0.39 is 7.32 Å². The summed E-state index contributed by atoms with van der Waals surface area (Å²) in [6.07, 6.45) is 0. The van der Waals surface area contributed by atoms with Crippen LogP contribution < -0.4 is 15.1 Å². The summed E-state index contributed by atoms with van der Waals surface area (Å²) < 4.78 is 0. The van der Waals surface area contributed by atoms with E-state index in [2.05, 4.69) is 0 Å². The Balaban J connectivity index is -0.0000000150. The van der Waals surface area contributed by atoms with Gasteiger partial charge in [0.25, 0.3) is 0 Å². The molecule has 7 heteroatoms. The van der Waals surface area contributed by atoms with E-state index >= 15 is 0 Å². The van der Waals surface area contributed by atoms with Crippen LogP contribution in [0.25, 0.3) is 0 Å². The van der Waals surface area contributed by atoms with E-state index in [4.69, 9.17) is 15.1 Å². The fraction of sp³-hybridized carbons (Fsp3) is 0. The zero-order chi connectivity index (χ0) is 3.58. The minimum absolute atomic E-state index is 0. The second-order valence-electron chi connectivity index (χ2n) is 0.289. The van der Waals surface area contributed by atoms with Crippen LogP contribution in [0, 0.1) is 0 Å². The monoisotopic (exact) mass is 302 g/mol. The first-order valence-electron chi connectivity index (χ1n) is 0.707. The fourth-order valence-electron chi connectivity index (χ4n) is 0. The molecule has 0 aliphatic carbocycles. The maximum Gasteiger partial charge on any atom is 4.00 e. The average molecular weight is 301 g/mol. The zero-order valence-electron chi connectivity index (χ0n) is 3.25.